The van der Waals surface area contributed by atoms with Crippen molar-refractivity contribution in [2.45, 2.75) is 110 Å². The Bertz CT molecular complexity index is 1220. The number of hydrogen-bond acceptors (Lipinski definition) is 4. The van der Waals surface area contributed by atoms with Crippen LogP contribution in [0.5, 0.6) is 0 Å². The average molecular weight is 616 g/mol. The number of carbonyl (C=O) groups excluding carboxylic acids is 2. The van der Waals surface area contributed by atoms with Gasteiger partial charge in [-0.25, -0.2) is 4.79 Å². The molecule has 2 aromatic rings. The molecule has 0 aromatic heterocycles. The van der Waals surface area contributed by atoms with Gasteiger partial charge >= 0.3 is 18.2 Å². The van der Waals surface area contributed by atoms with E-state index in [0.29, 0.717) is 30.1 Å². The topological polar surface area (TPSA) is 70.7 Å². The van der Waals surface area contributed by atoms with E-state index in [0.717, 1.165) is 43.2 Å². The first-order chi connectivity index (χ1) is 21.0. The summed E-state index contributed by atoms with van der Waals surface area (Å²) >= 11 is 0. The van der Waals surface area contributed by atoms with Gasteiger partial charge in [-0.1, -0.05) is 75.6 Å². The van der Waals surface area contributed by atoms with E-state index < -0.39 is 24.5 Å². The minimum Gasteiger partial charge on any atom is -0.466 e. The normalized spacial score (nSPS) is 20.3. The summed E-state index contributed by atoms with van der Waals surface area (Å²) in [6, 6.07) is 12.8. The summed E-state index contributed by atoms with van der Waals surface area (Å²) in [5, 5.41) is 5.83. The molecule has 0 heterocycles. The molecule has 3 aliphatic rings. The Balaban J connectivity index is 0.00000102. The van der Waals surface area contributed by atoms with Gasteiger partial charge < -0.3 is 20.3 Å². The van der Waals surface area contributed by atoms with Crippen molar-refractivity contribution < 1.29 is 27.5 Å². The lowest BCUT2D eigenvalue weighted by Crippen LogP contribution is -2.41. The maximum atomic E-state index is 13.3. The van der Waals surface area contributed by atoms with Crippen molar-refractivity contribution in [1.82, 2.24) is 0 Å². The standard InChI is InChI=1S/C31H40F3N3O3.C4H8/c1-4-40-29(38)26-17-25(26)22-12-15-28(27(16-22)36-30(39)35-23-13-10-20(2)11-14-23)37(24-8-6-5-7-9-24)19-21(3)18-31(32,33)34;1-2-4-3-1/h10-16,21,24-26H,4-9,17-19H2,1-3H3,(H2,35,36,39);1-4H2. The second-order valence-electron chi connectivity index (χ2n) is 12.7. The molecular weight excluding hydrogens is 567 g/mol. The van der Waals surface area contributed by atoms with Crippen LogP contribution in [0.25, 0.3) is 0 Å². The molecule has 2 amide bonds. The zero-order chi connectivity index (χ0) is 31.7. The molecule has 242 valence electrons. The Hall–Kier alpha value is -3.23. The monoisotopic (exact) mass is 615 g/mol. The number of rotatable bonds is 10. The number of amides is 2. The number of aryl methyl sites for hydroxylation is 1. The van der Waals surface area contributed by atoms with Gasteiger partial charge in [0.05, 0.1) is 23.9 Å². The highest BCUT2D eigenvalue weighted by molar-refractivity contribution is 6.02. The number of alkyl halides is 3. The van der Waals surface area contributed by atoms with Crippen LogP contribution < -0.4 is 15.5 Å². The van der Waals surface area contributed by atoms with E-state index >= 15 is 0 Å². The van der Waals surface area contributed by atoms with Crippen molar-refractivity contribution in [3.05, 3.63) is 53.6 Å². The predicted octanol–water partition coefficient (Wildman–Crippen LogP) is 9.59. The first kappa shape index (κ1) is 33.7. The molecule has 3 saturated carbocycles. The second kappa shape index (κ2) is 15.7. The van der Waals surface area contributed by atoms with Crippen molar-refractivity contribution in [2.75, 3.05) is 28.7 Å². The van der Waals surface area contributed by atoms with E-state index in [-0.39, 0.29) is 30.4 Å². The molecule has 6 nitrogen and oxygen atoms in total. The van der Waals surface area contributed by atoms with Crippen molar-refractivity contribution >= 4 is 29.1 Å². The Morgan fingerprint density at radius 2 is 1.59 bits per heavy atom. The molecule has 0 bridgehead atoms. The van der Waals surface area contributed by atoms with Crippen LogP contribution in [-0.2, 0) is 9.53 Å². The van der Waals surface area contributed by atoms with Gasteiger partial charge in [0, 0.05) is 24.7 Å². The highest BCUT2D eigenvalue weighted by atomic mass is 19.4. The summed E-state index contributed by atoms with van der Waals surface area (Å²) in [7, 11) is 0. The molecule has 3 fully saturated rings. The predicted molar refractivity (Wildman–Crippen MR) is 170 cm³/mol. The number of urea groups is 1. The minimum absolute atomic E-state index is 0.0129. The molecule has 0 radical (unpaired) electrons. The smallest absolute Gasteiger partial charge is 0.389 e. The SMILES string of the molecule is C1CCC1.CCOC(=O)C1CC1c1ccc(N(CC(C)CC(F)(F)F)C2CCCCC2)c(NC(=O)Nc2ccc(C)cc2)c1. The van der Waals surface area contributed by atoms with Crippen LogP contribution in [0.15, 0.2) is 42.5 Å². The molecule has 2 N–H and O–H groups in total. The van der Waals surface area contributed by atoms with Gasteiger partial charge in [-0.15, -0.1) is 0 Å². The maximum absolute atomic E-state index is 13.3. The van der Waals surface area contributed by atoms with Gasteiger partial charge in [-0.2, -0.15) is 13.2 Å². The highest BCUT2D eigenvalue weighted by Gasteiger charge is 2.45. The van der Waals surface area contributed by atoms with E-state index in [1.165, 1.54) is 25.7 Å². The molecule has 3 aliphatic carbocycles. The number of esters is 1. The third kappa shape index (κ3) is 10.2. The molecule has 44 heavy (non-hydrogen) atoms. The number of ether oxygens (including phenoxy) is 1. The number of benzene rings is 2. The molecule has 0 aliphatic heterocycles. The van der Waals surface area contributed by atoms with Crippen LogP contribution in [0.2, 0.25) is 0 Å². The number of nitrogens with one attached hydrogen (secondary N) is 2. The fourth-order valence-electron chi connectivity index (χ4n) is 6.01. The van der Waals surface area contributed by atoms with Crippen molar-refractivity contribution in [3.8, 4) is 0 Å². The van der Waals surface area contributed by atoms with Crippen LogP contribution in [0.3, 0.4) is 0 Å². The van der Waals surface area contributed by atoms with E-state index in [4.69, 9.17) is 4.74 Å². The molecular formula is C35H48F3N3O3. The number of carbonyl (C=O) groups is 2. The number of anilines is 3. The van der Waals surface area contributed by atoms with Crippen LogP contribution in [0, 0.1) is 18.8 Å². The summed E-state index contributed by atoms with van der Waals surface area (Å²) in [5.41, 5.74) is 3.84. The summed E-state index contributed by atoms with van der Waals surface area (Å²) in [6.07, 6.45) is 6.50. The first-order valence-electron chi connectivity index (χ1n) is 16.3. The molecule has 3 unspecified atom stereocenters. The summed E-state index contributed by atoms with van der Waals surface area (Å²) in [5.74, 6) is -1.08. The summed E-state index contributed by atoms with van der Waals surface area (Å²) < 4.78 is 45.0. The lowest BCUT2D eigenvalue weighted by atomic mass is 9.92. The third-order valence-electron chi connectivity index (χ3n) is 8.80. The minimum atomic E-state index is -4.25. The molecule has 0 saturated heterocycles. The van der Waals surface area contributed by atoms with Gasteiger partial charge in [-0.3, -0.25) is 4.79 Å². The van der Waals surface area contributed by atoms with Crippen LogP contribution in [0.4, 0.5) is 35.0 Å². The summed E-state index contributed by atoms with van der Waals surface area (Å²) in [4.78, 5) is 27.5. The molecule has 3 atom stereocenters. The van der Waals surface area contributed by atoms with Gasteiger partial charge in [0.15, 0.2) is 0 Å². The zero-order valence-corrected chi connectivity index (χ0v) is 26.3. The fourth-order valence-corrected chi connectivity index (χ4v) is 6.01. The van der Waals surface area contributed by atoms with Gasteiger partial charge in [0.25, 0.3) is 0 Å². The first-order valence-corrected chi connectivity index (χ1v) is 16.3. The molecule has 9 heteroatoms. The summed E-state index contributed by atoms with van der Waals surface area (Å²) in [6.45, 7) is 5.91. The van der Waals surface area contributed by atoms with Gasteiger partial charge in [-0.05, 0) is 74.8 Å². The fraction of sp³-hybridized carbons (Fsp3) is 0.600. The highest BCUT2D eigenvalue weighted by Crippen LogP contribution is 2.50. The van der Waals surface area contributed by atoms with E-state index in [1.54, 1.807) is 13.8 Å². The maximum Gasteiger partial charge on any atom is 0.389 e. The number of hydrogen-bond donors (Lipinski definition) is 2. The third-order valence-corrected chi connectivity index (χ3v) is 8.80. The second-order valence-corrected chi connectivity index (χ2v) is 12.7. The quantitative estimate of drug-likeness (QED) is 0.261. The Morgan fingerprint density at radius 1 is 0.955 bits per heavy atom. The van der Waals surface area contributed by atoms with Crippen LogP contribution >= 0.6 is 0 Å². The Morgan fingerprint density at radius 3 is 2.18 bits per heavy atom. The van der Waals surface area contributed by atoms with Crippen molar-refractivity contribution in [1.29, 1.82) is 0 Å². The van der Waals surface area contributed by atoms with Crippen LogP contribution in [-0.4, -0.2) is 37.4 Å². The van der Waals surface area contributed by atoms with Crippen molar-refractivity contribution in [2.24, 2.45) is 11.8 Å². The number of nitrogens with zero attached hydrogens (tertiary/aromatic N) is 1. The van der Waals surface area contributed by atoms with Gasteiger partial charge in [0.1, 0.15) is 0 Å². The molecule has 5 rings (SSSR count). The van der Waals surface area contributed by atoms with E-state index in [1.807, 2.05) is 49.4 Å². The van der Waals surface area contributed by atoms with E-state index in [2.05, 4.69) is 15.5 Å². The van der Waals surface area contributed by atoms with E-state index in [9.17, 15) is 22.8 Å². The lowest BCUT2D eigenvalue weighted by Gasteiger charge is -2.39. The lowest BCUT2D eigenvalue weighted by molar-refractivity contribution is -0.145. The average Bonchev–Trinajstić information content (AvgIpc) is 3.73. The Labute approximate surface area is 260 Å². The number of halogens is 3. The largest absolute Gasteiger partial charge is 0.466 e. The Kier molecular flexibility index (Phi) is 12.0. The molecule has 2 aromatic carbocycles. The van der Waals surface area contributed by atoms with Crippen LogP contribution in [0.1, 0.15) is 102 Å². The molecule has 0 spiro atoms. The zero-order valence-electron chi connectivity index (χ0n) is 26.3. The van der Waals surface area contributed by atoms with Gasteiger partial charge in [0.2, 0.25) is 0 Å². The van der Waals surface area contributed by atoms with Crippen molar-refractivity contribution in [3.63, 3.8) is 0 Å².